The number of hydrogen-bond donors (Lipinski definition) is 0. The van der Waals surface area contributed by atoms with Crippen molar-refractivity contribution >= 4 is 0 Å². The van der Waals surface area contributed by atoms with Crippen LogP contribution >= 0.6 is 0 Å². The second kappa shape index (κ2) is 8.90. The van der Waals surface area contributed by atoms with Crippen LogP contribution in [-0.2, 0) is 26.3 Å². The Kier molecular flexibility index (Phi) is 5.92. The lowest BCUT2D eigenvalue weighted by Gasteiger charge is -2.15. The van der Waals surface area contributed by atoms with E-state index < -0.39 is 0 Å². The van der Waals surface area contributed by atoms with Crippen LogP contribution in [0, 0.1) is 18.8 Å². The van der Waals surface area contributed by atoms with Gasteiger partial charge in [-0.3, -0.25) is 4.79 Å². The van der Waals surface area contributed by atoms with Crippen molar-refractivity contribution in [1.82, 2.24) is 14.5 Å². The second-order valence-corrected chi connectivity index (χ2v) is 9.69. The summed E-state index contributed by atoms with van der Waals surface area (Å²) in [6, 6.07) is 6.46. The van der Waals surface area contributed by atoms with Gasteiger partial charge in [0.1, 0.15) is 5.82 Å². The van der Waals surface area contributed by atoms with Crippen LogP contribution in [0.5, 0.6) is 11.6 Å². The number of methoxy groups -OCH3 is 1. The molecule has 5 rings (SSSR count). The van der Waals surface area contributed by atoms with Crippen molar-refractivity contribution in [2.75, 3.05) is 13.7 Å². The fourth-order valence-corrected chi connectivity index (χ4v) is 5.71. The molecule has 0 amide bonds. The molecule has 3 aromatic rings. The van der Waals surface area contributed by atoms with Gasteiger partial charge in [0.15, 0.2) is 5.75 Å². The highest BCUT2D eigenvalue weighted by Gasteiger charge is 2.49. The largest absolute Gasteiger partial charge is 0.491 e. The van der Waals surface area contributed by atoms with E-state index in [1.165, 1.54) is 36.5 Å². The molecule has 178 valence electrons. The summed E-state index contributed by atoms with van der Waals surface area (Å²) in [5.41, 5.74) is 7.62. The van der Waals surface area contributed by atoms with Crippen LogP contribution in [0.15, 0.2) is 35.4 Å². The topological polar surface area (TPSA) is 66.2 Å². The van der Waals surface area contributed by atoms with E-state index in [-0.39, 0.29) is 11.3 Å². The van der Waals surface area contributed by atoms with Crippen LogP contribution in [0.1, 0.15) is 54.3 Å². The number of aryl methyl sites for hydroxylation is 3. The Morgan fingerprint density at radius 2 is 2.06 bits per heavy atom. The van der Waals surface area contributed by atoms with Crippen LogP contribution in [0.3, 0.4) is 0 Å². The zero-order chi connectivity index (χ0) is 24.0. The van der Waals surface area contributed by atoms with Crippen molar-refractivity contribution in [2.45, 2.75) is 52.4 Å². The third kappa shape index (κ3) is 3.89. The van der Waals surface area contributed by atoms with Crippen LogP contribution in [0.4, 0.5) is 0 Å². The van der Waals surface area contributed by atoms with Gasteiger partial charge in [0.2, 0.25) is 5.88 Å². The van der Waals surface area contributed by atoms with Crippen LogP contribution < -0.4 is 15.0 Å². The molecule has 3 unspecified atom stereocenters. The summed E-state index contributed by atoms with van der Waals surface area (Å²) >= 11 is 0. The van der Waals surface area contributed by atoms with Crippen molar-refractivity contribution in [3.63, 3.8) is 0 Å². The normalized spacial score (nSPS) is 20.8. The summed E-state index contributed by atoms with van der Waals surface area (Å²) in [6.45, 7) is 7.08. The zero-order valence-electron chi connectivity index (χ0n) is 20.7. The van der Waals surface area contributed by atoms with Gasteiger partial charge in [0, 0.05) is 30.9 Å². The summed E-state index contributed by atoms with van der Waals surface area (Å²) in [7, 11) is 3.21. The Balaban J connectivity index is 1.40. The quantitative estimate of drug-likeness (QED) is 0.515. The van der Waals surface area contributed by atoms with E-state index in [1.54, 1.807) is 42.2 Å². The molecule has 6 heteroatoms. The van der Waals surface area contributed by atoms with E-state index >= 15 is 0 Å². The minimum Gasteiger partial charge on any atom is -0.491 e. The Labute approximate surface area is 201 Å². The van der Waals surface area contributed by atoms with Gasteiger partial charge in [-0.05, 0) is 72.8 Å². The van der Waals surface area contributed by atoms with Crippen molar-refractivity contribution in [3.8, 4) is 22.8 Å². The van der Waals surface area contributed by atoms with Crippen molar-refractivity contribution in [3.05, 3.63) is 69.0 Å². The van der Waals surface area contributed by atoms with E-state index in [4.69, 9.17) is 9.47 Å². The number of benzene rings is 1. The molecule has 0 spiro atoms. The first-order chi connectivity index (χ1) is 16.4. The minimum absolute atomic E-state index is 0.183. The number of ether oxygens (including phenoxy) is 2. The fraction of sp³-hybridized carbons (Fsp3) is 0.464. The molecule has 0 radical (unpaired) electrons. The van der Waals surface area contributed by atoms with Gasteiger partial charge in [-0.25, -0.2) is 4.98 Å². The zero-order valence-corrected chi connectivity index (χ0v) is 20.7. The molecule has 0 aliphatic heterocycles. The van der Waals surface area contributed by atoms with E-state index in [0.29, 0.717) is 36.1 Å². The first-order valence-electron chi connectivity index (χ1n) is 12.3. The van der Waals surface area contributed by atoms with Crippen LogP contribution in [-0.4, -0.2) is 28.3 Å². The Morgan fingerprint density at radius 3 is 2.82 bits per heavy atom. The first-order valence-corrected chi connectivity index (χ1v) is 12.3. The molecule has 3 atom stereocenters. The maximum Gasteiger partial charge on any atom is 0.292 e. The molecule has 6 nitrogen and oxygen atoms in total. The van der Waals surface area contributed by atoms with Gasteiger partial charge in [-0.1, -0.05) is 26.0 Å². The molecule has 2 aliphatic rings. The van der Waals surface area contributed by atoms with Crippen molar-refractivity contribution in [2.24, 2.45) is 18.9 Å². The summed E-state index contributed by atoms with van der Waals surface area (Å²) in [5, 5.41) is 0. The molecule has 1 fully saturated rings. The molecule has 0 bridgehead atoms. The number of aromatic nitrogens is 3. The Hall–Kier alpha value is -3.15. The first kappa shape index (κ1) is 22.6. The summed E-state index contributed by atoms with van der Waals surface area (Å²) < 4.78 is 13.1. The summed E-state index contributed by atoms with van der Waals surface area (Å²) in [6.07, 6.45) is 8.36. The van der Waals surface area contributed by atoms with Gasteiger partial charge in [0.25, 0.3) is 5.56 Å². The van der Waals surface area contributed by atoms with Gasteiger partial charge >= 0.3 is 0 Å². The lowest BCUT2D eigenvalue weighted by atomic mass is 9.92. The Morgan fingerprint density at radius 1 is 1.24 bits per heavy atom. The molecular formula is C28H33N3O3. The molecule has 2 heterocycles. The summed E-state index contributed by atoms with van der Waals surface area (Å²) in [4.78, 5) is 21.2. The molecule has 2 aliphatic carbocycles. The number of fused-ring (bicyclic) bond motifs is 1. The SMILES string of the molecule is CCc1c(C2C(C)C2COc2nc(C)ncc2-c2cc(OC)c(=O)n(C)c2)ccc2c1CCC2. The van der Waals surface area contributed by atoms with Gasteiger partial charge in [-0.2, -0.15) is 4.98 Å². The van der Waals surface area contributed by atoms with E-state index in [9.17, 15) is 4.79 Å². The third-order valence-electron chi connectivity index (χ3n) is 7.68. The van der Waals surface area contributed by atoms with Crippen LogP contribution in [0.25, 0.3) is 11.1 Å². The number of hydrogen-bond acceptors (Lipinski definition) is 5. The monoisotopic (exact) mass is 459 g/mol. The minimum atomic E-state index is -0.183. The maximum absolute atomic E-state index is 12.3. The number of pyridine rings is 1. The molecule has 0 N–H and O–H groups in total. The standard InChI is InChI=1S/C28H33N3O3/c1-6-20-21-9-7-8-18(21)10-11-22(20)26-16(2)24(26)15-34-27-23(13-29-17(3)30-27)19-12-25(33-5)28(32)31(4)14-19/h10-14,16,24,26H,6-9,15H2,1-5H3. The van der Waals surface area contributed by atoms with E-state index in [2.05, 4.69) is 35.9 Å². The molecule has 1 saturated carbocycles. The number of rotatable bonds is 7. The third-order valence-corrected chi connectivity index (χ3v) is 7.68. The predicted octanol–water partition coefficient (Wildman–Crippen LogP) is 4.64. The molecule has 2 aromatic heterocycles. The van der Waals surface area contributed by atoms with Gasteiger partial charge < -0.3 is 14.0 Å². The molecule has 34 heavy (non-hydrogen) atoms. The highest BCUT2D eigenvalue weighted by atomic mass is 16.5. The van der Waals surface area contributed by atoms with E-state index in [0.717, 1.165) is 17.5 Å². The highest BCUT2D eigenvalue weighted by Crippen LogP contribution is 2.55. The maximum atomic E-state index is 12.3. The lowest BCUT2D eigenvalue weighted by Crippen LogP contribution is -2.18. The second-order valence-electron chi connectivity index (χ2n) is 9.69. The van der Waals surface area contributed by atoms with Gasteiger partial charge in [0.05, 0.1) is 19.3 Å². The molecule has 0 saturated heterocycles. The summed E-state index contributed by atoms with van der Waals surface area (Å²) in [5.74, 6) is 3.06. The van der Waals surface area contributed by atoms with Gasteiger partial charge in [-0.15, -0.1) is 0 Å². The van der Waals surface area contributed by atoms with Crippen molar-refractivity contribution in [1.29, 1.82) is 0 Å². The van der Waals surface area contributed by atoms with E-state index in [1.807, 2.05) is 6.92 Å². The fourth-order valence-electron chi connectivity index (χ4n) is 5.71. The van der Waals surface area contributed by atoms with Crippen molar-refractivity contribution < 1.29 is 9.47 Å². The molecular weight excluding hydrogens is 426 g/mol. The van der Waals surface area contributed by atoms with Crippen LogP contribution in [0.2, 0.25) is 0 Å². The number of nitrogens with zero attached hydrogens (tertiary/aromatic N) is 3. The highest BCUT2D eigenvalue weighted by molar-refractivity contribution is 5.68. The lowest BCUT2D eigenvalue weighted by molar-refractivity contribution is 0.280. The smallest absolute Gasteiger partial charge is 0.292 e. The average molecular weight is 460 g/mol. The Bertz CT molecular complexity index is 1300. The predicted molar refractivity (Wildman–Crippen MR) is 133 cm³/mol. The molecule has 1 aromatic carbocycles. The average Bonchev–Trinajstić information content (AvgIpc) is 3.22.